The first-order valence-electron chi connectivity index (χ1n) is 6.87. The Hall–Kier alpha value is -1.51. The molecule has 0 fully saturated rings. The second kappa shape index (κ2) is 7.48. The molecule has 0 bridgehead atoms. The van der Waals surface area contributed by atoms with E-state index in [-0.39, 0.29) is 5.56 Å². The van der Waals surface area contributed by atoms with Crippen LogP contribution >= 0.6 is 23.4 Å². The molecule has 21 heavy (non-hydrogen) atoms. The van der Waals surface area contributed by atoms with Crippen molar-refractivity contribution in [2.45, 2.75) is 37.9 Å². The Balaban J connectivity index is 2.43. The molecule has 0 saturated heterocycles. The third-order valence-corrected chi connectivity index (χ3v) is 4.29. The molecule has 1 aromatic carbocycles. The highest BCUT2D eigenvalue weighted by molar-refractivity contribution is 7.99. The summed E-state index contributed by atoms with van der Waals surface area (Å²) >= 11 is 7.50. The molecule has 0 aliphatic rings. The molecule has 0 aliphatic carbocycles. The minimum Gasteiger partial charge on any atom is -0.287 e. The number of halogens is 1. The third-order valence-electron chi connectivity index (χ3n) is 2.99. The van der Waals surface area contributed by atoms with E-state index in [4.69, 9.17) is 16.9 Å². The summed E-state index contributed by atoms with van der Waals surface area (Å²) in [6.07, 6.45) is 2.17. The minimum atomic E-state index is -0.0266. The molecule has 1 heterocycles. The van der Waals surface area contributed by atoms with E-state index in [0.717, 1.165) is 18.6 Å². The van der Waals surface area contributed by atoms with Crippen LogP contribution in [0, 0.1) is 11.3 Å². The Labute approximate surface area is 132 Å². The van der Waals surface area contributed by atoms with Gasteiger partial charge in [-0.3, -0.25) is 9.36 Å². The maximum Gasteiger partial charge on any atom is 0.262 e. The van der Waals surface area contributed by atoms with Crippen LogP contribution < -0.4 is 5.56 Å². The van der Waals surface area contributed by atoms with Crippen LogP contribution in [0.1, 0.15) is 26.2 Å². The summed E-state index contributed by atoms with van der Waals surface area (Å²) in [5.74, 6) is 0.774. The molecule has 0 atom stereocenters. The van der Waals surface area contributed by atoms with Gasteiger partial charge in [0.15, 0.2) is 5.16 Å². The third kappa shape index (κ3) is 3.78. The van der Waals surface area contributed by atoms with Crippen molar-refractivity contribution in [3.63, 3.8) is 0 Å². The van der Waals surface area contributed by atoms with Gasteiger partial charge in [0.25, 0.3) is 5.56 Å². The lowest BCUT2D eigenvalue weighted by Gasteiger charge is -2.12. The second-order valence-electron chi connectivity index (χ2n) is 4.62. The predicted molar refractivity (Wildman–Crippen MR) is 86.9 cm³/mol. The van der Waals surface area contributed by atoms with Gasteiger partial charge in [0.1, 0.15) is 0 Å². The topological polar surface area (TPSA) is 58.7 Å². The molecule has 6 heteroatoms. The van der Waals surface area contributed by atoms with Crippen molar-refractivity contribution in [3.8, 4) is 6.07 Å². The lowest BCUT2D eigenvalue weighted by atomic mass is 10.2. The highest BCUT2D eigenvalue weighted by Gasteiger charge is 2.11. The van der Waals surface area contributed by atoms with Gasteiger partial charge in [0.05, 0.1) is 17.0 Å². The van der Waals surface area contributed by atoms with Crippen molar-refractivity contribution >= 4 is 34.3 Å². The standard InChI is InChI=1S/C15H16ClN3OS/c1-2-8-19-14(20)12-6-5-11(16)10-13(12)18-15(19)21-9-4-3-7-17/h5-6,10H,2-4,8-9H2,1H3. The molecule has 1 aromatic heterocycles. The van der Waals surface area contributed by atoms with Crippen LogP contribution in [0.4, 0.5) is 0 Å². The molecule has 0 N–H and O–H groups in total. The van der Waals surface area contributed by atoms with E-state index < -0.39 is 0 Å². The summed E-state index contributed by atoms with van der Waals surface area (Å²) in [5.41, 5.74) is 0.601. The van der Waals surface area contributed by atoms with Crippen LogP contribution in [0.3, 0.4) is 0 Å². The van der Waals surface area contributed by atoms with Gasteiger partial charge in [0, 0.05) is 23.7 Å². The molecule has 0 unspecified atom stereocenters. The normalized spacial score (nSPS) is 10.7. The summed E-state index contributed by atoms with van der Waals surface area (Å²) in [6.45, 7) is 2.67. The average Bonchev–Trinajstić information content (AvgIpc) is 2.47. The smallest absolute Gasteiger partial charge is 0.262 e. The van der Waals surface area contributed by atoms with Crippen LogP contribution in [0.5, 0.6) is 0 Å². The van der Waals surface area contributed by atoms with Crippen LogP contribution in [0.2, 0.25) is 5.02 Å². The Morgan fingerprint density at radius 1 is 1.48 bits per heavy atom. The lowest BCUT2D eigenvalue weighted by Crippen LogP contribution is -2.23. The van der Waals surface area contributed by atoms with Crippen molar-refractivity contribution in [1.29, 1.82) is 5.26 Å². The monoisotopic (exact) mass is 321 g/mol. The van der Waals surface area contributed by atoms with Crippen LogP contribution in [-0.2, 0) is 6.54 Å². The molecule has 0 aliphatic heterocycles. The van der Waals surface area contributed by atoms with Crippen LogP contribution in [0.25, 0.3) is 10.9 Å². The first kappa shape index (κ1) is 15.9. The molecule has 4 nitrogen and oxygen atoms in total. The predicted octanol–water partition coefficient (Wildman–Crippen LogP) is 3.86. The maximum atomic E-state index is 12.6. The quantitative estimate of drug-likeness (QED) is 0.460. The van der Waals surface area contributed by atoms with Crippen molar-refractivity contribution in [2.75, 3.05) is 5.75 Å². The van der Waals surface area contributed by atoms with Crippen LogP contribution in [-0.4, -0.2) is 15.3 Å². The fourth-order valence-electron chi connectivity index (χ4n) is 2.02. The number of nitriles is 1. The highest BCUT2D eigenvalue weighted by Crippen LogP contribution is 2.21. The van der Waals surface area contributed by atoms with Crippen molar-refractivity contribution < 1.29 is 0 Å². The summed E-state index contributed by atoms with van der Waals surface area (Å²) in [6, 6.07) is 7.28. The van der Waals surface area contributed by atoms with Gasteiger partial charge >= 0.3 is 0 Å². The van der Waals surface area contributed by atoms with E-state index in [2.05, 4.69) is 11.1 Å². The van der Waals surface area contributed by atoms with E-state index in [1.54, 1.807) is 22.8 Å². The summed E-state index contributed by atoms with van der Waals surface area (Å²) < 4.78 is 1.72. The highest BCUT2D eigenvalue weighted by atomic mass is 35.5. The molecular formula is C15H16ClN3OS. The number of hydrogen-bond donors (Lipinski definition) is 0. The van der Waals surface area contributed by atoms with Crippen LogP contribution in [0.15, 0.2) is 28.2 Å². The summed E-state index contributed by atoms with van der Waals surface area (Å²) in [5, 5.41) is 10.4. The number of hydrogen-bond acceptors (Lipinski definition) is 4. The van der Waals surface area contributed by atoms with E-state index in [1.165, 1.54) is 11.8 Å². The van der Waals surface area contributed by atoms with E-state index >= 15 is 0 Å². The molecule has 2 aromatic rings. The lowest BCUT2D eigenvalue weighted by molar-refractivity contribution is 0.584. The largest absolute Gasteiger partial charge is 0.287 e. The van der Waals surface area contributed by atoms with Gasteiger partial charge in [-0.25, -0.2) is 4.98 Å². The molecule has 0 saturated carbocycles. The fraction of sp³-hybridized carbons (Fsp3) is 0.400. The first-order chi connectivity index (χ1) is 10.2. The zero-order chi connectivity index (χ0) is 15.2. The van der Waals surface area contributed by atoms with Gasteiger partial charge in [-0.15, -0.1) is 0 Å². The number of rotatable bonds is 6. The maximum absolute atomic E-state index is 12.6. The van der Waals surface area contributed by atoms with Crippen molar-refractivity contribution in [1.82, 2.24) is 9.55 Å². The zero-order valence-corrected chi connectivity index (χ0v) is 13.4. The van der Waals surface area contributed by atoms with Gasteiger partial charge in [-0.1, -0.05) is 30.3 Å². The molecule has 0 spiro atoms. The summed E-state index contributed by atoms with van der Waals surface area (Å²) in [4.78, 5) is 17.1. The Kier molecular flexibility index (Phi) is 5.66. The second-order valence-corrected chi connectivity index (χ2v) is 6.12. The number of aromatic nitrogens is 2. The number of benzene rings is 1. The molecular weight excluding hydrogens is 306 g/mol. The molecule has 0 radical (unpaired) electrons. The number of thioether (sulfide) groups is 1. The number of nitrogens with zero attached hydrogens (tertiary/aromatic N) is 3. The van der Waals surface area contributed by atoms with Crippen molar-refractivity contribution in [2.24, 2.45) is 0 Å². The van der Waals surface area contributed by atoms with E-state index in [9.17, 15) is 4.79 Å². The SMILES string of the molecule is CCCn1c(SCCCC#N)nc2cc(Cl)ccc2c1=O. The minimum absolute atomic E-state index is 0.0266. The first-order valence-corrected chi connectivity index (χ1v) is 8.23. The van der Waals surface area contributed by atoms with Crippen molar-refractivity contribution in [3.05, 3.63) is 33.6 Å². The van der Waals surface area contributed by atoms with Gasteiger partial charge < -0.3 is 0 Å². The Morgan fingerprint density at radius 2 is 2.29 bits per heavy atom. The molecule has 110 valence electrons. The van der Waals surface area contributed by atoms with E-state index in [1.807, 2.05) is 6.92 Å². The van der Waals surface area contributed by atoms with Gasteiger partial charge in [-0.2, -0.15) is 5.26 Å². The van der Waals surface area contributed by atoms with E-state index in [0.29, 0.717) is 34.0 Å². The number of unbranched alkanes of at least 4 members (excludes halogenated alkanes) is 1. The molecule has 2 rings (SSSR count). The number of fused-ring (bicyclic) bond motifs is 1. The van der Waals surface area contributed by atoms with Gasteiger partial charge in [0.2, 0.25) is 0 Å². The Bertz CT molecular complexity index is 736. The molecule has 0 amide bonds. The zero-order valence-electron chi connectivity index (χ0n) is 11.8. The average molecular weight is 322 g/mol. The Morgan fingerprint density at radius 3 is 3.00 bits per heavy atom. The fourth-order valence-corrected chi connectivity index (χ4v) is 3.15. The summed E-state index contributed by atoms with van der Waals surface area (Å²) in [7, 11) is 0. The van der Waals surface area contributed by atoms with Gasteiger partial charge in [-0.05, 0) is 31.0 Å².